The number of nitrogens with two attached hydrogens (primary N) is 1. The number of anilines is 2. The molecule has 8 N–H and O–H groups in total. The summed E-state index contributed by atoms with van der Waals surface area (Å²) in [6.07, 6.45) is 0.0855. The number of fused-ring (bicyclic) bond motifs is 3. The molecule has 0 bridgehead atoms. The second-order valence-electron chi connectivity index (χ2n) is 12.6. The fourth-order valence-electron chi connectivity index (χ4n) is 6.30. The molecular formula is C29H39N5O9. The minimum absolute atomic E-state index is 0.0304. The number of hydrogen-bond acceptors (Lipinski definition) is 12. The number of aliphatic hydroxyl groups excluding tert-OH is 2. The van der Waals surface area contributed by atoms with E-state index in [1.54, 1.807) is 39.8 Å². The lowest BCUT2D eigenvalue weighted by Crippen LogP contribution is -2.65. The Balaban J connectivity index is 1.85. The van der Waals surface area contributed by atoms with Gasteiger partial charge in [-0.15, -0.1) is 0 Å². The first-order chi connectivity index (χ1) is 19.8. The summed E-state index contributed by atoms with van der Waals surface area (Å²) in [6.45, 7) is 5.12. The van der Waals surface area contributed by atoms with Crippen LogP contribution in [0.3, 0.4) is 0 Å². The zero-order valence-corrected chi connectivity index (χ0v) is 25.2. The number of phenols is 1. The summed E-state index contributed by atoms with van der Waals surface area (Å²) in [4.78, 5) is 60.6. The number of carbonyl (C=O) groups excluding carboxylic acids is 4. The SMILES string of the molecule is CN(C)c1cc(NC(=O)CNOC(C)(C)C)c(O)c2c1CC1CC3[C@H](N(C)C)C(=O)C(C(N)=O)=C(O)[C@@]3(O)C(=O)C1=C2O. The number of nitrogens with zero attached hydrogens (tertiary/aromatic N) is 2. The zero-order chi connectivity index (χ0) is 32.3. The summed E-state index contributed by atoms with van der Waals surface area (Å²) >= 11 is 0. The van der Waals surface area contributed by atoms with Crippen molar-refractivity contribution in [2.45, 2.75) is 50.9 Å². The highest BCUT2D eigenvalue weighted by atomic mass is 16.7. The molecule has 1 aromatic rings. The number of aliphatic hydroxyl groups is 3. The lowest BCUT2D eigenvalue weighted by atomic mass is 9.57. The van der Waals surface area contributed by atoms with Crippen LogP contribution in [0.2, 0.25) is 0 Å². The molecule has 14 heteroatoms. The van der Waals surface area contributed by atoms with E-state index < -0.39 is 75.3 Å². The van der Waals surface area contributed by atoms with Gasteiger partial charge in [0.1, 0.15) is 29.4 Å². The van der Waals surface area contributed by atoms with Crippen molar-refractivity contribution in [2.75, 3.05) is 45.0 Å². The number of Topliss-reactive ketones (excluding diaryl/α,β-unsaturated/α-hetero) is 2. The number of carbonyl (C=O) groups is 4. The molecule has 1 saturated carbocycles. The minimum Gasteiger partial charge on any atom is -0.508 e. The Labute approximate surface area is 248 Å². The Kier molecular flexibility index (Phi) is 8.13. The summed E-state index contributed by atoms with van der Waals surface area (Å²) in [5.41, 5.74) is 4.28. The number of phenolic OH excluding ortho intramolecular Hbond substituents is 1. The van der Waals surface area contributed by atoms with E-state index >= 15 is 0 Å². The van der Waals surface area contributed by atoms with Crippen LogP contribution >= 0.6 is 0 Å². The number of rotatable bonds is 7. The molecular weight excluding hydrogens is 562 g/mol. The normalized spacial score (nSPS) is 25.4. The van der Waals surface area contributed by atoms with Crippen molar-refractivity contribution in [3.05, 3.63) is 34.1 Å². The number of ketones is 2. The number of benzene rings is 1. The molecule has 234 valence electrons. The van der Waals surface area contributed by atoms with Gasteiger partial charge in [0.25, 0.3) is 5.91 Å². The molecule has 0 heterocycles. The molecule has 0 spiro atoms. The van der Waals surface area contributed by atoms with E-state index in [-0.39, 0.29) is 36.2 Å². The van der Waals surface area contributed by atoms with Crippen LogP contribution in [0, 0.1) is 11.8 Å². The second-order valence-corrected chi connectivity index (χ2v) is 12.6. The van der Waals surface area contributed by atoms with Crippen LogP contribution in [-0.4, -0.2) is 101 Å². The molecule has 43 heavy (non-hydrogen) atoms. The number of hydroxylamine groups is 1. The quantitative estimate of drug-likeness (QED) is 0.128. The first kappa shape index (κ1) is 31.9. The van der Waals surface area contributed by atoms with Crippen molar-refractivity contribution >= 4 is 40.5 Å². The van der Waals surface area contributed by atoms with E-state index in [9.17, 15) is 39.6 Å². The third-order valence-corrected chi connectivity index (χ3v) is 8.06. The Hall–Kier alpha value is -3.98. The van der Waals surface area contributed by atoms with Gasteiger partial charge in [-0.25, -0.2) is 0 Å². The largest absolute Gasteiger partial charge is 0.508 e. The fraction of sp³-hybridized carbons (Fsp3) is 0.517. The maximum Gasteiger partial charge on any atom is 0.255 e. The number of likely N-dealkylation sites (N-methyl/N-ethyl adjacent to an activating group) is 1. The summed E-state index contributed by atoms with van der Waals surface area (Å²) in [5, 5.41) is 48.2. The molecule has 3 aliphatic rings. The van der Waals surface area contributed by atoms with Crippen molar-refractivity contribution in [1.82, 2.24) is 10.4 Å². The number of amides is 2. The average Bonchev–Trinajstić information content (AvgIpc) is 2.86. The lowest BCUT2D eigenvalue weighted by Gasteiger charge is -2.50. The zero-order valence-electron chi connectivity index (χ0n) is 25.2. The summed E-state index contributed by atoms with van der Waals surface area (Å²) < 4.78 is 0. The lowest BCUT2D eigenvalue weighted by molar-refractivity contribution is -0.153. The number of nitrogens with one attached hydrogen (secondary N) is 2. The number of hydrogen-bond donors (Lipinski definition) is 7. The maximum atomic E-state index is 14.1. The van der Waals surface area contributed by atoms with E-state index in [0.717, 1.165) is 0 Å². The van der Waals surface area contributed by atoms with Crippen LogP contribution in [0.4, 0.5) is 11.4 Å². The molecule has 2 amide bonds. The standard InChI is InChI=1S/C29H39N5O9/c1-28(2,3)43-31-11-17(35)32-15-10-16(33(4)5)13-8-12-9-14-21(34(6)7)24(38)20(27(30)41)26(40)29(14,42)25(39)18(12)23(37)19(13)22(15)36/h10,12,14,21,31,36-37,40,42H,8-9,11H2,1-7H3,(H2,30,41)(H,32,35)/t12?,14?,21-,29-/m0/s1. The van der Waals surface area contributed by atoms with E-state index in [2.05, 4.69) is 10.8 Å². The van der Waals surface area contributed by atoms with Gasteiger partial charge in [0.15, 0.2) is 11.4 Å². The monoisotopic (exact) mass is 601 g/mol. The second kappa shape index (κ2) is 10.9. The molecule has 1 fully saturated rings. The highest BCUT2D eigenvalue weighted by Crippen LogP contribution is 2.54. The van der Waals surface area contributed by atoms with Crippen molar-refractivity contribution in [2.24, 2.45) is 17.6 Å². The van der Waals surface area contributed by atoms with Crippen molar-refractivity contribution in [3.8, 4) is 5.75 Å². The van der Waals surface area contributed by atoms with Gasteiger partial charge >= 0.3 is 0 Å². The van der Waals surface area contributed by atoms with Gasteiger partial charge in [0.2, 0.25) is 11.7 Å². The average molecular weight is 602 g/mol. The van der Waals surface area contributed by atoms with E-state index in [1.165, 1.54) is 25.1 Å². The van der Waals surface area contributed by atoms with Crippen molar-refractivity contribution < 1.29 is 44.4 Å². The molecule has 2 unspecified atom stereocenters. The predicted octanol–water partition coefficient (Wildman–Crippen LogP) is 0.288. The number of primary amides is 1. The Bertz CT molecular complexity index is 1470. The molecule has 0 saturated heterocycles. The summed E-state index contributed by atoms with van der Waals surface area (Å²) in [5.74, 6) is -8.03. The molecule has 4 atom stereocenters. The highest BCUT2D eigenvalue weighted by Gasteiger charge is 2.64. The van der Waals surface area contributed by atoms with Gasteiger partial charge in [-0.3, -0.25) is 28.9 Å². The van der Waals surface area contributed by atoms with Crippen LogP contribution in [0.15, 0.2) is 23.0 Å². The Morgan fingerprint density at radius 2 is 1.77 bits per heavy atom. The van der Waals surface area contributed by atoms with Crippen LogP contribution in [0.25, 0.3) is 5.76 Å². The van der Waals surface area contributed by atoms with E-state index in [1.807, 2.05) is 0 Å². The Morgan fingerprint density at radius 3 is 2.30 bits per heavy atom. The first-order valence-corrected chi connectivity index (χ1v) is 13.7. The smallest absolute Gasteiger partial charge is 0.255 e. The van der Waals surface area contributed by atoms with Gasteiger partial charge in [-0.05, 0) is 65.3 Å². The van der Waals surface area contributed by atoms with Gasteiger partial charge in [-0.1, -0.05) is 0 Å². The summed E-state index contributed by atoms with van der Waals surface area (Å²) in [6, 6.07) is 0.365. The van der Waals surface area contributed by atoms with Gasteiger partial charge < -0.3 is 36.4 Å². The molecule has 0 aliphatic heterocycles. The maximum absolute atomic E-state index is 14.1. The highest BCUT2D eigenvalue weighted by molar-refractivity contribution is 6.24. The molecule has 3 aliphatic carbocycles. The van der Waals surface area contributed by atoms with Gasteiger partial charge in [0.05, 0.1) is 22.9 Å². The topological polar surface area (TPSA) is 215 Å². The van der Waals surface area contributed by atoms with Gasteiger partial charge in [0, 0.05) is 31.3 Å². The van der Waals surface area contributed by atoms with E-state index in [4.69, 9.17) is 10.6 Å². The molecule has 0 aromatic heterocycles. The predicted molar refractivity (Wildman–Crippen MR) is 156 cm³/mol. The molecule has 1 aromatic carbocycles. The van der Waals surface area contributed by atoms with Crippen LogP contribution in [0.5, 0.6) is 5.75 Å². The third kappa shape index (κ3) is 5.24. The van der Waals surface area contributed by atoms with Crippen molar-refractivity contribution in [1.29, 1.82) is 0 Å². The van der Waals surface area contributed by atoms with Crippen LogP contribution < -0.4 is 21.4 Å². The number of aromatic hydroxyl groups is 1. The summed E-state index contributed by atoms with van der Waals surface area (Å²) in [7, 11) is 6.54. The third-order valence-electron chi connectivity index (χ3n) is 8.06. The van der Waals surface area contributed by atoms with Crippen LogP contribution in [-0.2, 0) is 30.4 Å². The van der Waals surface area contributed by atoms with E-state index in [0.29, 0.717) is 11.3 Å². The first-order valence-electron chi connectivity index (χ1n) is 13.7. The van der Waals surface area contributed by atoms with Gasteiger partial charge in [-0.2, -0.15) is 5.48 Å². The minimum atomic E-state index is -2.74. The molecule has 0 radical (unpaired) electrons. The molecule has 14 nitrogen and oxygen atoms in total. The van der Waals surface area contributed by atoms with Crippen molar-refractivity contribution in [3.63, 3.8) is 0 Å². The molecule has 4 rings (SSSR count). The fourth-order valence-corrected chi connectivity index (χ4v) is 6.30. The van der Waals surface area contributed by atoms with Crippen LogP contribution in [0.1, 0.15) is 38.3 Å². The Morgan fingerprint density at radius 1 is 1.14 bits per heavy atom.